The molecule has 0 saturated carbocycles. The fourth-order valence-electron chi connectivity index (χ4n) is 6.38. The van der Waals surface area contributed by atoms with E-state index in [4.69, 9.17) is 14.2 Å². The van der Waals surface area contributed by atoms with E-state index in [9.17, 15) is 9.90 Å². The van der Waals surface area contributed by atoms with E-state index in [-0.39, 0.29) is 12.0 Å². The summed E-state index contributed by atoms with van der Waals surface area (Å²) in [6.45, 7) is 0.825. The molecule has 2 aliphatic heterocycles. The molecule has 2 aromatic carbocycles. The van der Waals surface area contributed by atoms with Crippen molar-refractivity contribution in [2.24, 2.45) is 0 Å². The number of aliphatic hydroxyl groups excluding tert-OH is 1. The second-order valence-corrected chi connectivity index (χ2v) is 8.99. The Morgan fingerprint density at radius 2 is 2.03 bits per heavy atom. The molecule has 6 rings (SSSR count). The maximum atomic E-state index is 13.3. The van der Waals surface area contributed by atoms with E-state index in [0.29, 0.717) is 23.5 Å². The number of ether oxygens (including phenoxy) is 3. The van der Waals surface area contributed by atoms with Crippen LogP contribution in [0.1, 0.15) is 27.9 Å². The Bertz CT molecular complexity index is 1100. The summed E-state index contributed by atoms with van der Waals surface area (Å²) in [6.07, 6.45) is 3.76. The summed E-state index contributed by atoms with van der Waals surface area (Å²) in [5, 5.41) is 11.0. The van der Waals surface area contributed by atoms with Gasteiger partial charge in [-0.1, -0.05) is 30.3 Å². The number of carbonyl (C=O) groups excluding carboxylic acids is 1. The van der Waals surface area contributed by atoms with Crippen molar-refractivity contribution in [1.29, 1.82) is 0 Å². The van der Waals surface area contributed by atoms with E-state index in [2.05, 4.69) is 18.0 Å². The van der Waals surface area contributed by atoms with Gasteiger partial charge in [0.25, 0.3) is 0 Å². The van der Waals surface area contributed by atoms with Gasteiger partial charge in [0, 0.05) is 5.56 Å². The van der Waals surface area contributed by atoms with E-state index in [1.807, 2.05) is 30.3 Å². The van der Waals surface area contributed by atoms with E-state index >= 15 is 0 Å². The second kappa shape index (κ2) is 6.34. The quantitative estimate of drug-likeness (QED) is 0.609. The van der Waals surface area contributed by atoms with Gasteiger partial charge in [-0.2, -0.15) is 0 Å². The van der Waals surface area contributed by atoms with Crippen LogP contribution in [-0.2, 0) is 16.6 Å². The summed E-state index contributed by atoms with van der Waals surface area (Å²) in [5.41, 5.74) is 1.11. The zero-order valence-electron chi connectivity index (χ0n) is 17.6. The molecular weight excluding hydrogens is 394 g/mol. The number of rotatable bonds is 3. The highest BCUT2D eigenvalue weighted by Gasteiger charge is 2.73. The zero-order valence-corrected chi connectivity index (χ0v) is 17.6. The molecule has 1 saturated heterocycles. The Kier molecular flexibility index (Phi) is 3.87. The molecule has 6 heteroatoms. The van der Waals surface area contributed by atoms with Crippen LogP contribution in [-0.4, -0.2) is 60.5 Å². The van der Waals surface area contributed by atoms with Crippen molar-refractivity contribution in [2.75, 3.05) is 20.7 Å². The molecule has 2 heterocycles. The number of nitrogens with zero attached hydrogens (tertiary/aromatic N) is 1. The van der Waals surface area contributed by atoms with Crippen molar-refractivity contribution >= 4 is 5.97 Å². The highest BCUT2D eigenvalue weighted by atomic mass is 16.6. The Morgan fingerprint density at radius 3 is 2.81 bits per heavy atom. The molecule has 1 spiro atoms. The largest absolute Gasteiger partial charge is 0.493 e. The molecule has 1 fully saturated rings. The molecule has 0 aromatic heterocycles. The molecule has 6 nitrogen and oxygen atoms in total. The molecule has 160 valence electrons. The molecule has 2 aromatic rings. The molecule has 0 unspecified atom stereocenters. The first-order chi connectivity index (χ1) is 15.0. The fraction of sp³-hybridized carbons (Fsp3) is 0.400. The lowest BCUT2D eigenvalue weighted by molar-refractivity contribution is -0.155. The number of benzene rings is 2. The number of aliphatic hydroxyl groups is 1. The molecule has 31 heavy (non-hydrogen) atoms. The van der Waals surface area contributed by atoms with Crippen LogP contribution in [0.5, 0.6) is 11.5 Å². The summed E-state index contributed by atoms with van der Waals surface area (Å²) in [5.74, 6) is 0.964. The molecule has 0 radical (unpaired) electrons. The van der Waals surface area contributed by atoms with Crippen molar-refractivity contribution in [3.05, 3.63) is 71.3 Å². The van der Waals surface area contributed by atoms with E-state index in [1.54, 1.807) is 25.3 Å². The van der Waals surface area contributed by atoms with Gasteiger partial charge in [-0.25, -0.2) is 4.79 Å². The lowest BCUT2D eigenvalue weighted by Crippen LogP contribution is -2.76. The monoisotopic (exact) mass is 419 g/mol. The smallest absolute Gasteiger partial charge is 0.339 e. The van der Waals surface area contributed by atoms with Gasteiger partial charge in [0.05, 0.1) is 24.1 Å². The normalized spacial score (nSPS) is 34.6. The molecule has 0 amide bonds. The molecule has 1 N–H and O–H groups in total. The maximum absolute atomic E-state index is 13.3. The summed E-state index contributed by atoms with van der Waals surface area (Å²) in [4.78, 5) is 15.6. The first-order valence-electron chi connectivity index (χ1n) is 10.7. The van der Waals surface area contributed by atoms with Crippen LogP contribution in [0.15, 0.2) is 54.6 Å². The minimum atomic E-state index is -0.943. The van der Waals surface area contributed by atoms with Gasteiger partial charge in [0.2, 0.25) is 0 Å². The number of hydrogen-bond acceptors (Lipinski definition) is 6. The van der Waals surface area contributed by atoms with Crippen molar-refractivity contribution in [3.63, 3.8) is 0 Å². The fourth-order valence-corrected chi connectivity index (χ4v) is 6.38. The predicted octanol–water partition coefficient (Wildman–Crippen LogP) is 2.48. The SMILES string of the molecule is COc1ccc2c3c1O[C@H]1[C@@H](O)C=C[C@@]4(OC(=O)c5ccccc5)[C@@H](C2)N(C)CC[C@]314. The van der Waals surface area contributed by atoms with Gasteiger partial charge in [0.15, 0.2) is 17.1 Å². The van der Waals surface area contributed by atoms with Crippen LogP contribution in [0.3, 0.4) is 0 Å². The molecule has 2 bridgehead atoms. The summed E-state index contributed by atoms with van der Waals surface area (Å²) in [6, 6.07) is 13.0. The van der Waals surface area contributed by atoms with E-state index in [0.717, 1.165) is 18.5 Å². The lowest BCUT2D eigenvalue weighted by Gasteiger charge is -2.62. The summed E-state index contributed by atoms with van der Waals surface area (Å²) < 4.78 is 18.5. The van der Waals surface area contributed by atoms with Gasteiger partial charge in [-0.05, 0) is 56.3 Å². The van der Waals surface area contributed by atoms with Crippen LogP contribution >= 0.6 is 0 Å². The van der Waals surface area contributed by atoms with E-state index < -0.39 is 23.2 Å². The Labute approximate surface area is 181 Å². The number of hydrogen-bond donors (Lipinski definition) is 1. The number of methoxy groups -OCH3 is 1. The Morgan fingerprint density at radius 1 is 1.23 bits per heavy atom. The van der Waals surface area contributed by atoms with Crippen LogP contribution in [0.4, 0.5) is 0 Å². The van der Waals surface area contributed by atoms with Gasteiger partial charge in [0.1, 0.15) is 12.2 Å². The lowest BCUT2D eigenvalue weighted by atomic mass is 9.50. The Hall–Kier alpha value is -2.83. The number of esters is 1. The molecule has 2 aliphatic carbocycles. The zero-order chi connectivity index (χ0) is 21.4. The van der Waals surface area contributed by atoms with Gasteiger partial charge in [-0.3, -0.25) is 4.90 Å². The van der Waals surface area contributed by atoms with Crippen LogP contribution in [0.25, 0.3) is 0 Å². The molecule has 4 aliphatic rings. The van der Waals surface area contributed by atoms with Crippen molar-refractivity contribution in [1.82, 2.24) is 4.90 Å². The second-order valence-electron chi connectivity index (χ2n) is 8.99. The topological polar surface area (TPSA) is 68.2 Å². The number of likely N-dealkylation sites (tertiary alicyclic amines) is 1. The van der Waals surface area contributed by atoms with Crippen LogP contribution in [0.2, 0.25) is 0 Å². The average molecular weight is 419 g/mol. The number of piperidine rings is 1. The van der Waals surface area contributed by atoms with E-state index in [1.165, 1.54) is 5.56 Å². The summed E-state index contributed by atoms with van der Waals surface area (Å²) in [7, 11) is 3.70. The first-order valence-corrected chi connectivity index (χ1v) is 10.7. The molecule has 5 atom stereocenters. The van der Waals surface area contributed by atoms with Gasteiger partial charge >= 0.3 is 5.97 Å². The predicted molar refractivity (Wildman–Crippen MR) is 114 cm³/mol. The van der Waals surface area contributed by atoms with Gasteiger partial charge < -0.3 is 19.3 Å². The van der Waals surface area contributed by atoms with Crippen molar-refractivity contribution < 1.29 is 24.1 Å². The average Bonchev–Trinajstić information content (AvgIpc) is 3.15. The third-order valence-electron chi connectivity index (χ3n) is 7.72. The summed E-state index contributed by atoms with van der Waals surface area (Å²) >= 11 is 0. The minimum absolute atomic E-state index is 0.0596. The third-order valence-corrected chi connectivity index (χ3v) is 7.72. The van der Waals surface area contributed by atoms with Crippen LogP contribution in [0, 0.1) is 0 Å². The third kappa shape index (κ3) is 2.21. The minimum Gasteiger partial charge on any atom is -0.493 e. The van der Waals surface area contributed by atoms with Crippen molar-refractivity contribution in [2.45, 2.75) is 42.1 Å². The van der Waals surface area contributed by atoms with Crippen molar-refractivity contribution in [3.8, 4) is 11.5 Å². The number of carbonyl (C=O) groups is 1. The van der Waals surface area contributed by atoms with Crippen LogP contribution < -0.4 is 9.47 Å². The number of likely N-dealkylation sites (N-methyl/N-ethyl adjacent to an activating group) is 1. The highest BCUT2D eigenvalue weighted by molar-refractivity contribution is 5.90. The standard InChI is InChI=1S/C25H25NO5/c1-26-13-12-24-20-16-8-9-18(29-2)21(20)30-22(24)17(27)10-11-25(24,19(26)14-16)31-23(28)15-6-4-3-5-7-15/h3-11,17,19,22,27H,12-14H2,1-2H3/t17-,19+,22-,24-,25+/m0/s1. The Balaban J connectivity index is 1.60. The highest BCUT2D eigenvalue weighted by Crippen LogP contribution is 2.65. The maximum Gasteiger partial charge on any atom is 0.339 e. The molecular formula is C25H25NO5. The van der Waals surface area contributed by atoms with Gasteiger partial charge in [-0.15, -0.1) is 0 Å². The first kappa shape index (κ1) is 18.9.